The van der Waals surface area contributed by atoms with E-state index in [4.69, 9.17) is 14.7 Å². The Kier molecular flexibility index (Phi) is 4.98. The Morgan fingerprint density at radius 1 is 1.53 bits per heavy atom. The topological polar surface area (TPSA) is 79.6 Å². The van der Waals surface area contributed by atoms with Gasteiger partial charge in [0.25, 0.3) is 0 Å². The minimum atomic E-state index is -1.27. The van der Waals surface area contributed by atoms with Gasteiger partial charge in [0.2, 0.25) is 0 Å². The van der Waals surface area contributed by atoms with Crippen molar-refractivity contribution in [3.8, 4) is 11.8 Å². The van der Waals surface area contributed by atoms with Crippen molar-refractivity contribution in [3.05, 3.63) is 29.8 Å². The number of nitriles is 1. The van der Waals surface area contributed by atoms with Crippen molar-refractivity contribution in [1.82, 2.24) is 0 Å². The first-order valence-electron chi connectivity index (χ1n) is 5.14. The van der Waals surface area contributed by atoms with E-state index >= 15 is 0 Å². The zero-order valence-corrected chi connectivity index (χ0v) is 9.42. The number of para-hydroxylation sites is 1. The Hall–Kier alpha value is -2.06. The third-order valence-corrected chi connectivity index (χ3v) is 1.99. The van der Waals surface area contributed by atoms with Gasteiger partial charge in [0.05, 0.1) is 12.7 Å². The molecule has 0 fully saturated rings. The average molecular weight is 235 g/mol. The molecular formula is C12H13NO4. The van der Waals surface area contributed by atoms with Gasteiger partial charge in [-0.05, 0) is 13.0 Å². The molecular weight excluding hydrogens is 222 g/mol. The van der Waals surface area contributed by atoms with Gasteiger partial charge in [-0.15, -0.1) is 0 Å². The molecule has 0 spiro atoms. The van der Waals surface area contributed by atoms with Gasteiger partial charge >= 0.3 is 5.97 Å². The SMILES string of the molecule is CCOC(=O)COc1ccccc1[C@H](O)C#N. The molecule has 1 atom stereocenters. The molecule has 5 nitrogen and oxygen atoms in total. The fourth-order valence-corrected chi connectivity index (χ4v) is 1.25. The summed E-state index contributed by atoms with van der Waals surface area (Å²) in [5.41, 5.74) is 0.333. The fourth-order valence-electron chi connectivity index (χ4n) is 1.25. The number of aliphatic hydroxyl groups excluding tert-OH is 1. The van der Waals surface area contributed by atoms with Crippen LogP contribution < -0.4 is 4.74 Å². The highest BCUT2D eigenvalue weighted by Crippen LogP contribution is 2.24. The molecule has 1 aromatic carbocycles. The predicted octanol–water partition coefficient (Wildman–Crippen LogP) is 1.19. The Labute approximate surface area is 99.2 Å². The predicted molar refractivity (Wildman–Crippen MR) is 59.1 cm³/mol. The Balaban J connectivity index is 2.71. The van der Waals surface area contributed by atoms with Crippen LogP contribution in [0, 0.1) is 11.3 Å². The van der Waals surface area contributed by atoms with Crippen molar-refractivity contribution in [2.24, 2.45) is 0 Å². The summed E-state index contributed by atoms with van der Waals surface area (Å²) in [6.45, 7) is 1.74. The van der Waals surface area contributed by atoms with E-state index in [0.717, 1.165) is 0 Å². The summed E-state index contributed by atoms with van der Waals surface area (Å²) in [7, 11) is 0. The number of benzene rings is 1. The zero-order chi connectivity index (χ0) is 12.7. The minimum Gasteiger partial charge on any atom is -0.481 e. The van der Waals surface area contributed by atoms with E-state index in [1.165, 1.54) is 0 Å². The van der Waals surface area contributed by atoms with Crippen LogP contribution in [0.3, 0.4) is 0 Å². The quantitative estimate of drug-likeness (QED) is 0.612. The summed E-state index contributed by atoms with van der Waals surface area (Å²) < 4.78 is 9.89. The van der Waals surface area contributed by atoms with Crippen molar-refractivity contribution >= 4 is 5.97 Å². The van der Waals surface area contributed by atoms with Gasteiger partial charge in [-0.2, -0.15) is 5.26 Å². The molecule has 1 aromatic rings. The van der Waals surface area contributed by atoms with Crippen LogP contribution >= 0.6 is 0 Å². The number of nitrogens with zero attached hydrogens (tertiary/aromatic N) is 1. The highest BCUT2D eigenvalue weighted by molar-refractivity contribution is 5.71. The third kappa shape index (κ3) is 3.78. The highest BCUT2D eigenvalue weighted by atomic mass is 16.6. The van der Waals surface area contributed by atoms with Crippen LogP contribution in [0.15, 0.2) is 24.3 Å². The molecule has 0 aliphatic carbocycles. The minimum absolute atomic E-state index is 0.247. The molecule has 0 heterocycles. The van der Waals surface area contributed by atoms with E-state index < -0.39 is 12.1 Å². The Morgan fingerprint density at radius 2 is 2.24 bits per heavy atom. The number of carbonyl (C=O) groups excluding carboxylic acids is 1. The molecule has 1 N–H and O–H groups in total. The average Bonchev–Trinajstić information content (AvgIpc) is 2.36. The number of esters is 1. The molecule has 17 heavy (non-hydrogen) atoms. The number of carbonyl (C=O) groups is 1. The van der Waals surface area contributed by atoms with Gasteiger partial charge in [0.1, 0.15) is 5.75 Å². The van der Waals surface area contributed by atoms with Crippen molar-refractivity contribution in [1.29, 1.82) is 5.26 Å². The van der Waals surface area contributed by atoms with Crippen molar-refractivity contribution in [2.75, 3.05) is 13.2 Å². The number of hydrogen-bond donors (Lipinski definition) is 1. The largest absolute Gasteiger partial charge is 0.481 e. The molecule has 0 saturated heterocycles. The highest BCUT2D eigenvalue weighted by Gasteiger charge is 2.13. The summed E-state index contributed by atoms with van der Waals surface area (Å²) in [6, 6.07) is 8.20. The van der Waals surface area contributed by atoms with E-state index in [2.05, 4.69) is 0 Å². The molecule has 0 aliphatic rings. The zero-order valence-electron chi connectivity index (χ0n) is 9.42. The maximum absolute atomic E-state index is 11.1. The summed E-state index contributed by atoms with van der Waals surface area (Å²) in [4.78, 5) is 11.1. The molecule has 0 saturated carbocycles. The van der Waals surface area contributed by atoms with E-state index in [9.17, 15) is 9.90 Å². The molecule has 5 heteroatoms. The summed E-state index contributed by atoms with van der Waals surface area (Å²) >= 11 is 0. The standard InChI is InChI=1S/C12H13NO4/c1-2-16-12(15)8-17-11-6-4-3-5-9(11)10(14)7-13/h3-6,10,14H,2,8H2,1H3/t10-/m1/s1. The van der Waals surface area contributed by atoms with Crippen LogP contribution in [-0.2, 0) is 9.53 Å². The van der Waals surface area contributed by atoms with Crippen LogP contribution in [0.5, 0.6) is 5.75 Å². The van der Waals surface area contributed by atoms with E-state index in [-0.39, 0.29) is 13.2 Å². The third-order valence-electron chi connectivity index (χ3n) is 1.99. The molecule has 0 bridgehead atoms. The summed E-state index contributed by atoms with van der Waals surface area (Å²) in [5, 5.41) is 18.0. The number of hydrogen-bond acceptors (Lipinski definition) is 5. The molecule has 0 amide bonds. The van der Waals surface area contributed by atoms with E-state index in [1.54, 1.807) is 37.3 Å². The number of ether oxygens (including phenoxy) is 2. The Bertz CT molecular complexity index is 425. The molecule has 1 rings (SSSR count). The van der Waals surface area contributed by atoms with Gasteiger partial charge in [0, 0.05) is 5.56 Å². The number of rotatable bonds is 5. The molecule has 0 aromatic heterocycles. The monoisotopic (exact) mass is 235 g/mol. The van der Waals surface area contributed by atoms with Crippen LogP contribution in [0.2, 0.25) is 0 Å². The summed E-state index contributed by atoms with van der Waals surface area (Å²) in [6.07, 6.45) is -1.27. The molecule has 0 aliphatic heterocycles. The van der Waals surface area contributed by atoms with Crippen molar-refractivity contribution in [3.63, 3.8) is 0 Å². The maximum atomic E-state index is 11.1. The normalized spacial score (nSPS) is 11.4. The second-order valence-corrected chi connectivity index (χ2v) is 3.16. The van der Waals surface area contributed by atoms with E-state index in [1.807, 2.05) is 0 Å². The van der Waals surface area contributed by atoms with Crippen molar-refractivity contribution < 1.29 is 19.4 Å². The van der Waals surface area contributed by atoms with Crippen LogP contribution in [0.4, 0.5) is 0 Å². The first kappa shape index (κ1) is 13.0. The van der Waals surface area contributed by atoms with Gasteiger partial charge < -0.3 is 14.6 Å². The first-order chi connectivity index (χ1) is 8.19. The lowest BCUT2D eigenvalue weighted by atomic mass is 10.1. The first-order valence-corrected chi connectivity index (χ1v) is 5.14. The smallest absolute Gasteiger partial charge is 0.344 e. The lowest BCUT2D eigenvalue weighted by molar-refractivity contribution is -0.145. The van der Waals surface area contributed by atoms with Gasteiger partial charge in [-0.3, -0.25) is 0 Å². The molecule has 0 unspecified atom stereocenters. The van der Waals surface area contributed by atoms with Crippen LogP contribution in [0.25, 0.3) is 0 Å². The Morgan fingerprint density at radius 3 is 2.88 bits per heavy atom. The second kappa shape index (κ2) is 6.51. The van der Waals surface area contributed by atoms with Gasteiger partial charge in [-0.25, -0.2) is 4.79 Å². The summed E-state index contributed by atoms with van der Waals surface area (Å²) in [5.74, 6) is -0.191. The lowest BCUT2D eigenvalue weighted by Gasteiger charge is -2.11. The van der Waals surface area contributed by atoms with Crippen LogP contribution in [-0.4, -0.2) is 24.3 Å². The van der Waals surface area contributed by atoms with Gasteiger partial charge in [0.15, 0.2) is 12.7 Å². The molecule has 0 radical (unpaired) electrons. The molecule has 90 valence electrons. The lowest BCUT2D eigenvalue weighted by Crippen LogP contribution is -2.15. The fraction of sp³-hybridized carbons (Fsp3) is 0.333. The van der Waals surface area contributed by atoms with Crippen molar-refractivity contribution in [2.45, 2.75) is 13.0 Å². The number of aliphatic hydroxyl groups is 1. The van der Waals surface area contributed by atoms with E-state index in [0.29, 0.717) is 11.3 Å². The second-order valence-electron chi connectivity index (χ2n) is 3.16. The maximum Gasteiger partial charge on any atom is 0.344 e. The van der Waals surface area contributed by atoms with Gasteiger partial charge in [-0.1, -0.05) is 18.2 Å². The van der Waals surface area contributed by atoms with Crippen LogP contribution in [0.1, 0.15) is 18.6 Å².